The van der Waals surface area contributed by atoms with Crippen molar-refractivity contribution >= 4 is 12.1 Å². The number of piperidine rings is 1. The number of carbonyl (C=O) groups excluding carboxylic acids is 1. The number of carboxylic acid groups (broad SMARTS) is 1. The number of fused-ring (bicyclic) bond motifs is 1. The van der Waals surface area contributed by atoms with Crippen LogP contribution in [0.4, 0.5) is 13.6 Å². The number of rotatable bonds is 3. The Bertz CT molecular complexity index is 607. The lowest BCUT2D eigenvalue weighted by atomic mass is 9.97. The molecule has 0 aromatic heterocycles. The highest BCUT2D eigenvalue weighted by Gasteiger charge is 2.86. The average Bonchev–Trinajstić information content (AvgIpc) is 3.03. The molecule has 1 aliphatic heterocycles. The molecule has 118 valence electrons. The molecule has 1 aromatic carbocycles. The van der Waals surface area contributed by atoms with Crippen molar-refractivity contribution in [3.63, 3.8) is 0 Å². The van der Waals surface area contributed by atoms with Crippen molar-refractivity contribution in [2.24, 2.45) is 11.3 Å². The number of likely N-dealkylation sites (tertiary alicyclic amines) is 1. The van der Waals surface area contributed by atoms with Crippen molar-refractivity contribution in [1.29, 1.82) is 0 Å². The number of carboxylic acids is 1. The molecular weight excluding hydrogens is 296 g/mol. The fourth-order valence-corrected chi connectivity index (χ4v) is 3.17. The zero-order valence-electron chi connectivity index (χ0n) is 11.7. The van der Waals surface area contributed by atoms with Gasteiger partial charge in [-0.1, -0.05) is 30.3 Å². The van der Waals surface area contributed by atoms with Crippen LogP contribution in [0.25, 0.3) is 0 Å². The quantitative estimate of drug-likeness (QED) is 0.930. The topological polar surface area (TPSA) is 66.8 Å². The van der Waals surface area contributed by atoms with E-state index in [0.29, 0.717) is 0 Å². The molecule has 5 nitrogen and oxygen atoms in total. The van der Waals surface area contributed by atoms with Gasteiger partial charge in [0, 0.05) is 19.0 Å². The maximum Gasteiger partial charge on any atom is 0.410 e. The van der Waals surface area contributed by atoms with E-state index in [2.05, 4.69) is 0 Å². The van der Waals surface area contributed by atoms with Gasteiger partial charge in [0.15, 0.2) is 5.41 Å². The summed E-state index contributed by atoms with van der Waals surface area (Å²) in [5.41, 5.74) is -1.37. The standard InChI is InChI=1S/C15H15F2NO4/c16-15(17)11-6-7-18(9-14(11,15)12(19)20)13(21)22-8-10-4-2-1-3-5-10/h1-5,11H,6-9H2,(H,19,20)/t11-,14+/m0/s1. The predicted octanol–water partition coefficient (Wildman–Crippen LogP) is 2.37. The third kappa shape index (κ3) is 2.03. The molecule has 3 rings (SSSR count). The van der Waals surface area contributed by atoms with Crippen LogP contribution in [0.15, 0.2) is 30.3 Å². The van der Waals surface area contributed by atoms with Crippen LogP contribution in [-0.4, -0.2) is 41.1 Å². The fourth-order valence-electron chi connectivity index (χ4n) is 3.17. The van der Waals surface area contributed by atoms with Gasteiger partial charge in [-0.15, -0.1) is 0 Å². The molecule has 0 radical (unpaired) electrons. The van der Waals surface area contributed by atoms with Crippen LogP contribution in [0, 0.1) is 11.3 Å². The molecule has 7 heteroatoms. The highest BCUT2D eigenvalue weighted by Crippen LogP contribution is 2.69. The van der Waals surface area contributed by atoms with Crippen LogP contribution in [0.2, 0.25) is 0 Å². The second-order valence-electron chi connectivity index (χ2n) is 5.70. The van der Waals surface area contributed by atoms with E-state index in [0.717, 1.165) is 10.5 Å². The van der Waals surface area contributed by atoms with Gasteiger partial charge >= 0.3 is 12.1 Å². The van der Waals surface area contributed by atoms with E-state index in [1.54, 1.807) is 24.3 Å². The van der Waals surface area contributed by atoms with Crippen molar-refractivity contribution < 1.29 is 28.2 Å². The van der Waals surface area contributed by atoms with Crippen LogP contribution in [0.3, 0.4) is 0 Å². The van der Waals surface area contributed by atoms with Gasteiger partial charge in [-0.3, -0.25) is 4.79 Å². The molecule has 0 bridgehead atoms. The predicted molar refractivity (Wildman–Crippen MR) is 71.3 cm³/mol. The van der Waals surface area contributed by atoms with Crippen molar-refractivity contribution in [2.75, 3.05) is 13.1 Å². The summed E-state index contributed by atoms with van der Waals surface area (Å²) in [5, 5.41) is 9.12. The molecule has 2 atom stereocenters. The zero-order chi connectivity index (χ0) is 16.0. The first kappa shape index (κ1) is 14.7. The van der Waals surface area contributed by atoms with Gasteiger partial charge in [0.2, 0.25) is 0 Å². The molecule has 1 aliphatic carbocycles. The first-order chi connectivity index (χ1) is 10.4. The monoisotopic (exact) mass is 311 g/mol. The van der Waals surface area contributed by atoms with E-state index >= 15 is 0 Å². The summed E-state index contributed by atoms with van der Waals surface area (Å²) in [7, 11) is 0. The minimum atomic E-state index is -3.26. The molecule has 1 N–H and O–H groups in total. The normalized spacial score (nSPS) is 28.6. The Kier molecular flexibility index (Phi) is 3.30. The molecule has 2 aliphatic rings. The Morgan fingerprint density at radius 3 is 2.64 bits per heavy atom. The van der Waals surface area contributed by atoms with E-state index in [1.807, 2.05) is 6.07 Å². The summed E-state index contributed by atoms with van der Waals surface area (Å²) in [6, 6.07) is 8.94. The number of amides is 1. The van der Waals surface area contributed by atoms with Crippen LogP contribution >= 0.6 is 0 Å². The molecule has 1 saturated carbocycles. The Morgan fingerprint density at radius 1 is 1.32 bits per heavy atom. The van der Waals surface area contributed by atoms with Gasteiger partial charge in [-0.05, 0) is 12.0 Å². The number of alkyl halides is 2. The van der Waals surface area contributed by atoms with E-state index in [1.165, 1.54) is 0 Å². The lowest BCUT2D eigenvalue weighted by Crippen LogP contribution is -2.45. The van der Waals surface area contributed by atoms with Gasteiger partial charge in [-0.2, -0.15) is 0 Å². The zero-order valence-corrected chi connectivity index (χ0v) is 11.7. The first-order valence-corrected chi connectivity index (χ1v) is 6.96. The number of benzene rings is 1. The molecule has 1 heterocycles. The summed E-state index contributed by atoms with van der Waals surface area (Å²) in [4.78, 5) is 24.3. The van der Waals surface area contributed by atoms with Gasteiger partial charge in [0.25, 0.3) is 5.92 Å². The van der Waals surface area contributed by atoms with Gasteiger partial charge in [0.1, 0.15) is 6.61 Å². The van der Waals surface area contributed by atoms with Crippen molar-refractivity contribution in [3.8, 4) is 0 Å². The summed E-state index contributed by atoms with van der Waals surface area (Å²) in [6.07, 6.45) is -0.787. The second kappa shape index (κ2) is 4.93. The highest BCUT2D eigenvalue weighted by atomic mass is 19.3. The molecule has 2 fully saturated rings. The molecule has 1 amide bonds. The number of hydrogen-bond donors (Lipinski definition) is 1. The molecule has 22 heavy (non-hydrogen) atoms. The van der Waals surface area contributed by atoms with Crippen LogP contribution in [0.1, 0.15) is 12.0 Å². The van der Waals surface area contributed by atoms with Gasteiger partial charge in [-0.25, -0.2) is 13.6 Å². The lowest BCUT2D eigenvalue weighted by Gasteiger charge is -2.28. The molecule has 0 unspecified atom stereocenters. The molecule has 1 saturated heterocycles. The van der Waals surface area contributed by atoms with Crippen molar-refractivity contribution in [1.82, 2.24) is 4.90 Å². The number of carbonyl (C=O) groups is 2. The van der Waals surface area contributed by atoms with Crippen molar-refractivity contribution in [2.45, 2.75) is 19.0 Å². The average molecular weight is 311 g/mol. The van der Waals surface area contributed by atoms with Gasteiger partial charge < -0.3 is 14.7 Å². The van der Waals surface area contributed by atoms with E-state index in [4.69, 9.17) is 9.84 Å². The fraction of sp³-hybridized carbons (Fsp3) is 0.467. The molecule has 0 spiro atoms. The van der Waals surface area contributed by atoms with E-state index < -0.39 is 35.9 Å². The molecular formula is C15H15F2NO4. The van der Waals surface area contributed by atoms with Crippen LogP contribution in [-0.2, 0) is 16.1 Å². The van der Waals surface area contributed by atoms with E-state index in [9.17, 15) is 18.4 Å². The summed E-state index contributed by atoms with van der Waals surface area (Å²) < 4.78 is 32.5. The number of halogens is 2. The van der Waals surface area contributed by atoms with Crippen LogP contribution in [0.5, 0.6) is 0 Å². The Morgan fingerprint density at radius 2 is 2.00 bits per heavy atom. The molecule has 1 aromatic rings. The third-order valence-electron chi connectivity index (χ3n) is 4.52. The third-order valence-corrected chi connectivity index (χ3v) is 4.52. The van der Waals surface area contributed by atoms with Crippen LogP contribution < -0.4 is 0 Å². The Labute approximate surface area is 125 Å². The van der Waals surface area contributed by atoms with E-state index in [-0.39, 0.29) is 19.6 Å². The van der Waals surface area contributed by atoms with Gasteiger partial charge in [0.05, 0.1) is 0 Å². The maximum absolute atomic E-state index is 13.7. The summed E-state index contributed by atoms with van der Waals surface area (Å²) in [5.74, 6) is -5.99. The summed E-state index contributed by atoms with van der Waals surface area (Å²) in [6.45, 7) is -0.396. The number of aliphatic carboxylic acids is 1. The summed E-state index contributed by atoms with van der Waals surface area (Å²) >= 11 is 0. The first-order valence-electron chi connectivity index (χ1n) is 6.96. The highest BCUT2D eigenvalue weighted by molar-refractivity contribution is 5.83. The SMILES string of the molecule is O=C(OCc1ccccc1)N1CC[C@@H]2C(F)(F)[C@]2(C(=O)O)C1. The maximum atomic E-state index is 13.7. The lowest BCUT2D eigenvalue weighted by molar-refractivity contribution is -0.149. The smallest absolute Gasteiger partial charge is 0.410 e. The Balaban J connectivity index is 1.64. The number of hydrogen-bond acceptors (Lipinski definition) is 3. The number of nitrogens with zero attached hydrogens (tertiary/aromatic N) is 1. The van der Waals surface area contributed by atoms with Crippen molar-refractivity contribution in [3.05, 3.63) is 35.9 Å². The second-order valence-corrected chi connectivity index (χ2v) is 5.70. The number of ether oxygens (including phenoxy) is 1. The minimum Gasteiger partial charge on any atom is -0.481 e. The Hall–Kier alpha value is -2.18. The minimum absolute atomic E-state index is 0.0239. The largest absolute Gasteiger partial charge is 0.481 e.